The lowest BCUT2D eigenvalue weighted by Gasteiger charge is -2.30. The number of aryl methyl sites for hydroxylation is 1. The maximum absolute atomic E-state index is 12.8. The molecule has 1 N–H and O–H groups in total. The van der Waals surface area contributed by atoms with Crippen molar-refractivity contribution in [3.8, 4) is 0 Å². The van der Waals surface area contributed by atoms with Gasteiger partial charge in [-0.15, -0.1) is 0 Å². The molecule has 0 aliphatic carbocycles. The standard InChI is InChI=1S/C16H26ClN3O/c1-3-9-20-11-13(17)10-15(20)16(21)19(4-2)12-14-7-5-6-8-18-14/h10-11,14,18H,3-9,12H2,1-2H3. The van der Waals surface area contributed by atoms with Gasteiger partial charge < -0.3 is 14.8 Å². The van der Waals surface area contributed by atoms with E-state index in [1.54, 1.807) is 6.07 Å². The molecule has 0 spiro atoms. The van der Waals surface area contributed by atoms with E-state index in [0.717, 1.165) is 39.0 Å². The van der Waals surface area contributed by atoms with Crippen molar-refractivity contribution in [2.45, 2.75) is 52.1 Å². The van der Waals surface area contributed by atoms with E-state index in [-0.39, 0.29) is 5.91 Å². The van der Waals surface area contributed by atoms with Crippen molar-refractivity contribution in [3.05, 3.63) is 23.0 Å². The van der Waals surface area contributed by atoms with Crippen molar-refractivity contribution in [1.29, 1.82) is 0 Å². The first-order valence-corrected chi connectivity index (χ1v) is 8.41. The summed E-state index contributed by atoms with van der Waals surface area (Å²) in [6.45, 7) is 7.54. The Morgan fingerprint density at radius 3 is 2.90 bits per heavy atom. The summed E-state index contributed by atoms with van der Waals surface area (Å²) < 4.78 is 1.97. The fourth-order valence-corrected chi connectivity index (χ4v) is 3.16. The Kier molecular flexibility index (Phi) is 6.12. The van der Waals surface area contributed by atoms with Crippen molar-refractivity contribution in [2.24, 2.45) is 0 Å². The van der Waals surface area contributed by atoms with E-state index in [2.05, 4.69) is 12.2 Å². The zero-order chi connectivity index (χ0) is 15.2. The van der Waals surface area contributed by atoms with Crippen molar-refractivity contribution in [2.75, 3.05) is 19.6 Å². The van der Waals surface area contributed by atoms with E-state index in [4.69, 9.17) is 11.6 Å². The van der Waals surface area contributed by atoms with Crippen LogP contribution in [0.15, 0.2) is 12.3 Å². The number of hydrogen-bond acceptors (Lipinski definition) is 2. The van der Waals surface area contributed by atoms with Crippen molar-refractivity contribution in [1.82, 2.24) is 14.8 Å². The van der Waals surface area contributed by atoms with E-state index in [9.17, 15) is 4.79 Å². The minimum atomic E-state index is 0.0882. The molecule has 0 radical (unpaired) electrons. The number of rotatable bonds is 6. The van der Waals surface area contributed by atoms with Gasteiger partial charge in [0.2, 0.25) is 0 Å². The molecule has 4 nitrogen and oxygen atoms in total. The Morgan fingerprint density at radius 1 is 1.48 bits per heavy atom. The summed E-state index contributed by atoms with van der Waals surface area (Å²) in [5, 5.41) is 4.15. The molecule has 118 valence electrons. The van der Waals surface area contributed by atoms with Crippen LogP contribution in [0.25, 0.3) is 0 Å². The lowest BCUT2D eigenvalue weighted by molar-refractivity contribution is 0.0730. The number of aromatic nitrogens is 1. The molecule has 2 rings (SSSR count). The number of nitrogens with zero attached hydrogens (tertiary/aromatic N) is 2. The van der Waals surface area contributed by atoms with Gasteiger partial charge in [0.15, 0.2) is 0 Å². The van der Waals surface area contributed by atoms with Gasteiger partial charge in [0.1, 0.15) is 5.69 Å². The van der Waals surface area contributed by atoms with Gasteiger partial charge in [0, 0.05) is 31.9 Å². The fraction of sp³-hybridized carbons (Fsp3) is 0.688. The second-order valence-corrected chi connectivity index (χ2v) is 6.16. The highest BCUT2D eigenvalue weighted by Gasteiger charge is 2.22. The summed E-state index contributed by atoms with van der Waals surface area (Å²) >= 11 is 6.08. The lowest BCUT2D eigenvalue weighted by atomic mass is 10.0. The second kappa shape index (κ2) is 7.85. The van der Waals surface area contributed by atoms with Crippen LogP contribution in [0.5, 0.6) is 0 Å². The number of hydrogen-bond donors (Lipinski definition) is 1. The topological polar surface area (TPSA) is 37.3 Å². The Labute approximate surface area is 132 Å². The van der Waals surface area contributed by atoms with Gasteiger partial charge in [0.05, 0.1) is 5.02 Å². The van der Waals surface area contributed by atoms with E-state index in [0.29, 0.717) is 16.8 Å². The molecule has 1 aromatic rings. The Bertz CT molecular complexity index is 466. The number of amides is 1. The normalized spacial score (nSPS) is 18.7. The largest absolute Gasteiger partial charge is 0.342 e. The van der Waals surface area contributed by atoms with Crippen LogP contribution < -0.4 is 5.32 Å². The van der Waals surface area contributed by atoms with Gasteiger partial charge in [-0.1, -0.05) is 24.9 Å². The number of piperidine rings is 1. The molecule has 0 aromatic carbocycles. The number of carbonyl (C=O) groups is 1. The van der Waals surface area contributed by atoms with E-state index < -0.39 is 0 Å². The molecule has 1 atom stereocenters. The third-order valence-corrected chi connectivity index (χ3v) is 4.28. The molecule has 1 saturated heterocycles. The fourth-order valence-electron chi connectivity index (χ4n) is 2.94. The van der Waals surface area contributed by atoms with Gasteiger partial charge in [-0.25, -0.2) is 0 Å². The third kappa shape index (κ3) is 4.24. The predicted molar refractivity (Wildman–Crippen MR) is 87.0 cm³/mol. The Morgan fingerprint density at radius 2 is 2.29 bits per heavy atom. The third-order valence-electron chi connectivity index (χ3n) is 4.07. The molecule has 5 heteroatoms. The summed E-state index contributed by atoms with van der Waals surface area (Å²) in [5.74, 6) is 0.0882. The van der Waals surface area contributed by atoms with Gasteiger partial charge in [0.25, 0.3) is 5.91 Å². The number of carbonyl (C=O) groups excluding carboxylic acids is 1. The summed E-state index contributed by atoms with van der Waals surface area (Å²) in [6, 6.07) is 2.21. The summed E-state index contributed by atoms with van der Waals surface area (Å²) in [4.78, 5) is 14.7. The Balaban J connectivity index is 2.08. The van der Waals surface area contributed by atoms with Gasteiger partial charge in [-0.05, 0) is 38.8 Å². The van der Waals surface area contributed by atoms with Crippen LogP contribution in [0.1, 0.15) is 50.0 Å². The molecule has 2 heterocycles. The summed E-state index contributed by atoms with van der Waals surface area (Å²) in [6.07, 6.45) is 6.49. The first-order valence-electron chi connectivity index (χ1n) is 8.04. The van der Waals surface area contributed by atoms with Crippen LogP contribution in [0.2, 0.25) is 5.02 Å². The number of likely N-dealkylation sites (N-methyl/N-ethyl adjacent to an activating group) is 1. The monoisotopic (exact) mass is 311 g/mol. The van der Waals surface area contributed by atoms with Crippen molar-refractivity contribution < 1.29 is 4.79 Å². The van der Waals surface area contributed by atoms with E-state index in [1.165, 1.54) is 12.8 Å². The van der Waals surface area contributed by atoms with Gasteiger partial charge >= 0.3 is 0 Å². The maximum atomic E-state index is 12.8. The molecule has 1 amide bonds. The van der Waals surface area contributed by atoms with Crippen LogP contribution in [0.4, 0.5) is 0 Å². The lowest BCUT2D eigenvalue weighted by Crippen LogP contribution is -2.46. The van der Waals surface area contributed by atoms with E-state index in [1.807, 2.05) is 22.6 Å². The van der Waals surface area contributed by atoms with Crippen LogP contribution in [-0.2, 0) is 6.54 Å². The number of nitrogens with one attached hydrogen (secondary N) is 1. The molecule has 0 saturated carbocycles. The zero-order valence-electron chi connectivity index (χ0n) is 13.1. The van der Waals surface area contributed by atoms with Crippen LogP contribution in [0, 0.1) is 0 Å². The average molecular weight is 312 g/mol. The predicted octanol–water partition coefficient (Wildman–Crippen LogP) is 3.16. The van der Waals surface area contributed by atoms with Crippen molar-refractivity contribution >= 4 is 17.5 Å². The highest BCUT2D eigenvalue weighted by atomic mass is 35.5. The molecular formula is C16H26ClN3O. The average Bonchev–Trinajstić information content (AvgIpc) is 2.86. The number of halogens is 1. The molecular weight excluding hydrogens is 286 g/mol. The summed E-state index contributed by atoms with van der Waals surface area (Å²) in [5.41, 5.74) is 0.708. The zero-order valence-corrected chi connectivity index (χ0v) is 13.8. The molecule has 1 aliphatic heterocycles. The maximum Gasteiger partial charge on any atom is 0.270 e. The van der Waals surface area contributed by atoms with Crippen LogP contribution >= 0.6 is 11.6 Å². The first-order chi connectivity index (χ1) is 10.2. The molecule has 1 unspecified atom stereocenters. The minimum Gasteiger partial charge on any atom is -0.342 e. The quantitative estimate of drug-likeness (QED) is 0.876. The van der Waals surface area contributed by atoms with Gasteiger partial charge in [-0.3, -0.25) is 4.79 Å². The molecule has 1 aromatic heterocycles. The van der Waals surface area contributed by atoms with Gasteiger partial charge in [-0.2, -0.15) is 0 Å². The van der Waals surface area contributed by atoms with E-state index >= 15 is 0 Å². The highest BCUT2D eigenvalue weighted by molar-refractivity contribution is 6.31. The smallest absolute Gasteiger partial charge is 0.270 e. The molecule has 1 fully saturated rings. The molecule has 1 aliphatic rings. The Hall–Kier alpha value is -1.00. The van der Waals surface area contributed by atoms with Crippen LogP contribution in [0.3, 0.4) is 0 Å². The molecule has 0 bridgehead atoms. The SMILES string of the molecule is CCCn1cc(Cl)cc1C(=O)N(CC)CC1CCCCN1. The van der Waals surface area contributed by atoms with Crippen LogP contribution in [-0.4, -0.2) is 41.1 Å². The van der Waals surface area contributed by atoms with Crippen molar-refractivity contribution in [3.63, 3.8) is 0 Å². The highest BCUT2D eigenvalue weighted by Crippen LogP contribution is 2.18. The summed E-state index contributed by atoms with van der Waals surface area (Å²) in [7, 11) is 0. The molecule has 21 heavy (non-hydrogen) atoms. The second-order valence-electron chi connectivity index (χ2n) is 5.73. The first kappa shape index (κ1) is 16.4. The minimum absolute atomic E-state index is 0.0882.